The molecule has 1 aliphatic rings. The molecule has 13 heteroatoms. The molecule has 0 bridgehead atoms. The molecule has 12 nitrogen and oxygen atoms in total. The number of pyridine rings is 1. The summed E-state index contributed by atoms with van der Waals surface area (Å²) in [5.41, 5.74) is 0.245. The summed E-state index contributed by atoms with van der Waals surface area (Å²) in [5, 5.41) is 10.1. The van der Waals surface area contributed by atoms with Crippen LogP contribution >= 0.6 is 0 Å². The zero-order valence-corrected chi connectivity index (χ0v) is 21.3. The van der Waals surface area contributed by atoms with Crippen molar-refractivity contribution in [2.75, 3.05) is 31.3 Å². The number of methoxy groups -OCH3 is 2. The van der Waals surface area contributed by atoms with Gasteiger partial charge < -0.3 is 19.3 Å². The lowest BCUT2D eigenvalue weighted by molar-refractivity contribution is 0.175. The van der Waals surface area contributed by atoms with Gasteiger partial charge in [-0.25, -0.2) is 28.4 Å². The van der Waals surface area contributed by atoms with Crippen LogP contribution in [0.5, 0.6) is 17.4 Å². The monoisotopic (exact) mass is 526 g/mol. The number of fused-ring (bicyclic) bond motifs is 1. The van der Waals surface area contributed by atoms with Gasteiger partial charge in [0, 0.05) is 6.07 Å². The third-order valence-electron chi connectivity index (χ3n) is 5.79. The number of hydrogen-bond donors (Lipinski definition) is 2. The van der Waals surface area contributed by atoms with Crippen LogP contribution in [0.1, 0.15) is 19.8 Å². The van der Waals surface area contributed by atoms with Crippen LogP contribution in [0.15, 0.2) is 42.6 Å². The van der Waals surface area contributed by atoms with Crippen LogP contribution in [-0.4, -0.2) is 70.2 Å². The van der Waals surface area contributed by atoms with Crippen molar-refractivity contribution in [3.05, 3.63) is 42.6 Å². The molecule has 3 heterocycles. The maximum atomic E-state index is 12.6. The largest absolute Gasteiger partial charge is 0.494 e. The quantitative estimate of drug-likeness (QED) is 0.315. The van der Waals surface area contributed by atoms with Crippen molar-refractivity contribution >= 4 is 27.1 Å². The minimum Gasteiger partial charge on any atom is -0.494 e. The second-order valence-corrected chi connectivity index (χ2v) is 10.3. The second kappa shape index (κ2) is 9.48. The number of sulfonamides is 1. The number of aromatic nitrogens is 5. The van der Waals surface area contributed by atoms with Crippen LogP contribution in [0.2, 0.25) is 0 Å². The molecule has 37 heavy (non-hydrogen) atoms. The van der Waals surface area contributed by atoms with Gasteiger partial charge in [-0.15, -0.1) is 0 Å². The molecule has 1 fully saturated rings. The Morgan fingerprint density at radius 2 is 1.76 bits per heavy atom. The van der Waals surface area contributed by atoms with Gasteiger partial charge in [0.2, 0.25) is 15.9 Å². The molecular weight excluding hydrogens is 500 g/mol. The Balaban J connectivity index is 1.71. The molecule has 1 saturated carbocycles. The van der Waals surface area contributed by atoms with Crippen LogP contribution < -0.4 is 18.9 Å². The summed E-state index contributed by atoms with van der Waals surface area (Å²) in [6.07, 6.45) is 2.16. The van der Waals surface area contributed by atoms with E-state index >= 15 is 0 Å². The zero-order chi connectivity index (χ0) is 26.2. The Kier molecular flexibility index (Phi) is 6.33. The molecule has 1 aliphatic carbocycles. The van der Waals surface area contributed by atoms with Gasteiger partial charge in [-0.1, -0.05) is 12.1 Å². The second-order valence-electron chi connectivity index (χ2n) is 8.56. The summed E-state index contributed by atoms with van der Waals surface area (Å²) < 4.78 is 46.2. The van der Waals surface area contributed by atoms with Crippen molar-refractivity contribution in [3.63, 3.8) is 0 Å². The minimum atomic E-state index is -3.87. The number of nitrogens with zero attached hydrogens (tertiary/aromatic N) is 5. The van der Waals surface area contributed by atoms with Gasteiger partial charge in [0.05, 0.1) is 38.4 Å². The van der Waals surface area contributed by atoms with E-state index < -0.39 is 21.4 Å². The lowest BCUT2D eigenvalue weighted by Crippen LogP contribution is -2.27. The molecule has 3 aromatic heterocycles. The fourth-order valence-corrected chi connectivity index (χ4v) is 5.43. The molecule has 0 aliphatic heterocycles. The first-order valence-electron chi connectivity index (χ1n) is 11.6. The van der Waals surface area contributed by atoms with Gasteiger partial charge in [-0.05, 0) is 38.0 Å². The smallest absolute Gasteiger partial charge is 0.236 e. The van der Waals surface area contributed by atoms with E-state index in [1.54, 1.807) is 41.0 Å². The van der Waals surface area contributed by atoms with E-state index in [1.807, 2.05) is 6.92 Å². The van der Waals surface area contributed by atoms with Gasteiger partial charge in [0.25, 0.3) is 0 Å². The standard InChI is InChI=1S/C24H26N6O6S/c1-4-36-19-10-5-7-15(26-19)22-28-21-23(30(22)20-16(34-2)8-6-9-17(20)35-3)27-18(13-25-21)29-37(32,33)14-24(31)11-12-24/h5-10,13,31H,4,11-12,14H2,1-3H3,(H,27,29). The average Bonchev–Trinajstić information content (AvgIpc) is 3.47. The summed E-state index contributed by atoms with van der Waals surface area (Å²) in [5.74, 6) is 1.27. The highest BCUT2D eigenvalue weighted by atomic mass is 32.2. The first-order chi connectivity index (χ1) is 17.8. The number of rotatable bonds is 10. The van der Waals surface area contributed by atoms with E-state index in [2.05, 4.69) is 24.7 Å². The highest BCUT2D eigenvalue weighted by Gasteiger charge is 2.44. The fraction of sp³-hybridized carbons (Fsp3) is 0.333. The molecule has 4 aromatic rings. The van der Waals surface area contributed by atoms with Crippen LogP contribution in [-0.2, 0) is 10.0 Å². The predicted octanol–water partition coefficient (Wildman–Crippen LogP) is 2.56. The lowest BCUT2D eigenvalue weighted by Gasteiger charge is -2.16. The van der Waals surface area contributed by atoms with Crippen LogP contribution in [0.3, 0.4) is 0 Å². The normalized spacial score (nSPS) is 14.4. The Morgan fingerprint density at radius 1 is 1.05 bits per heavy atom. The molecule has 0 atom stereocenters. The van der Waals surface area contributed by atoms with Crippen molar-refractivity contribution in [2.24, 2.45) is 0 Å². The number of anilines is 1. The lowest BCUT2D eigenvalue weighted by atomic mass is 10.2. The number of ether oxygens (including phenoxy) is 3. The molecule has 0 unspecified atom stereocenters. The van der Waals surface area contributed by atoms with Crippen LogP contribution in [0.25, 0.3) is 28.5 Å². The zero-order valence-electron chi connectivity index (χ0n) is 20.5. The molecule has 5 rings (SSSR count). The van der Waals surface area contributed by atoms with Crippen LogP contribution in [0.4, 0.5) is 5.82 Å². The third-order valence-corrected chi connectivity index (χ3v) is 7.22. The number of nitrogens with one attached hydrogen (secondary N) is 1. The van der Waals surface area contributed by atoms with E-state index in [0.29, 0.717) is 54.0 Å². The number of para-hydroxylation sites is 1. The first-order valence-corrected chi connectivity index (χ1v) is 13.2. The molecule has 0 saturated heterocycles. The molecule has 1 aromatic carbocycles. The number of imidazole rings is 1. The maximum Gasteiger partial charge on any atom is 0.236 e. The summed E-state index contributed by atoms with van der Waals surface area (Å²) in [7, 11) is -0.816. The first kappa shape index (κ1) is 24.7. The van der Waals surface area contributed by atoms with Gasteiger partial charge in [-0.2, -0.15) is 0 Å². The summed E-state index contributed by atoms with van der Waals surface area (Å²) >= 11 is 0. The van der Waals surface area contributed by atoms with Crippen molar-refractivity contribution in [1.29, 1.82) is 0 Å². The summed E-state index contributed by atoms with van der Waals surface area (Å²) in [6, 6.07) is 10.6. The van der Waals surface area contributed by atoms with Crippen molar-refractivity contribution in [3.8, 4) is 34.6 Å². The van der Waals surface area contributed by atoms with Crippen molar-refractivity contribution in [2.45, 2.75) is 25.4 Å². The molecule has 0 spiro atoms. The van der Waals surface area contributed by atoms with E-state index in [0.717, 1.165) is 0 Å². The summed E-state index contributed by atoms with van der Waals surface area (Å²) in [4.78, 5) is 18.1. The molecule has 0 radical (unpaired) electrons. The number of aliphatic hydroxyl groups is 1. The molecule has 0 amide bonds. The van der Waals surface area contributed by atoms with E-state index in [1.165, 1.54) is 20.4 Å². The van der Waals surface area contributed by atoms with E-state index in [4.69, 9.17) is 14.2 Å². The third kappa shape index (κ3) is 5.00. The average molecular weight is 527 g/mol. The Morgan fingerprint density at radius 3 is 2.41 bits per heavy atom. The maximum absolute atomic E-state index is 12.6. The molecule has 2 N–H and O–H groups in total. The Bertz CT molecular complexity index is 1550. The van der Waals surface area contributed by atoms with Gasteiger partial charge >= 0.3 is 0 Å². The number of hydrogen-bond acceptors (Lipinski definition) is 10. The highest BCUT2D eigenvalue weighted by molar-refractivity contribution is 7.92. The molecule has 194 valence electrons. The highest BCUT2D eigenvalue weighted by Crippen LogP contribution is 2.38. The topological polar surface area (TPSA) is 151 Å². The van der Waals surface area contributed by atoms with Gasteiger partial charge in [0.15, 0.2) is 22.9 Å². The fourth-order valence-electron chi connectivity index (χ4n) is 3.94. The summed E-state index contributed by atoms with van der Waals surface area (Å²) in [6.45, 7) is 2.30. The predicted molar refractivity (Wildman–Crippen MR) is 136 cm³/mol. The van der Waals surface area contributed by atoms with E-state index in [9.17, 15) is 13.5 Å². The van der Waals surface area contributed by atoms with Crippen molar-refractivity contribution < 1.29 is 27.7 Å². The van der Waals surface area contributed by atoms with Gasteiger partial charge in [-0.3, -0.25) is 9.29 Å². The van der Waals surface area contributed by atoms with Crippen molar-refractivity contribution in [1.82, 2.24) is 24.5 Å². The SMILES string of the molecule is CCOc1cccc(-c2nc3ncc(NS(=O)(=O)CC4(O)CC4)nc3n2-c2c(OC)cccc2OC)n1. The Labute approximate surface area is 213 Å². The van der Waals surface area contributed by atoms with Crippen LogP contribution in [0, 0.1) is 0 Å². The minimum absolute atomic E-state index is 0.0191. The molecular formula is C24H26N6O6S. The van der Waals surface area contributed by atoms with E-state index in [-0.39, 0.29) is 17.1 Å². The number of benzene rings is 1. The van der Waals surface area contributed by atoms with Gasteiger partial charge in [0.1, 0.15) is 22.9 Å². The Hall–Kier alpha value is -3.97.